The molecular formula is C21H17FN6O5S2. The lowest BCUT2D eigenvalue weighted by molar-refractivity contribution is -0.384. The van der Waals surface area contributed by atoms with Gasteiger partial charge < -0.3 is 15.5 Å². The number of nitrogens with one attached hydrogen (secondary N) is 2. The highest BCUT2D eigenvalue weighted by Crippen LogP contribution is 2.29. The molecule has 0 spiro atoms. The first kappa shape index (κ1) is 24.2. The molecule has 180 valence electrons. The smallest absolute Gasteiger partial charge is 0.269 e. The minimum atomic E-state index is -0.597. The van der Waals surface area contributed by atoms with Gasteiger partial charge in [0.2, 0.25) is 22.9 Å². The number of nitro benzene ring substituents is 1. The van der Waals surface area contributed by atoms with Gasteiger partial charge in [-0.05, 0) is 36.4 Å². The first-order valence-corrected chi connectivity index (χ1v) is 12.0. The molecular weight excluding hydrogens is 499 g/mol. The van der Waals surface area contributed by atoms with Crippen molar-refractivity contribution in [3.8, 4) is 0 Å². The molecule has 0 radical (unpaired) electrons. The van der Waals surface area contributed by atoms with Gasteiger partial charge in [0.25, 0.3) is 5.69 Å². The van der Waals surface area contributed by atoms with Gasteiger partial charge in [-0.3, -0.25) is 24.5 Å². The van der Waals surface area contributed by atoms with Crippen molar-refractivity contribution >= 4 is 63.0 Å². The summed E-state index contributed by atoms with van der Waals surface area (Å²) in [7, 11) is 0. The van der Waals surface area contributed by atoms with E-state index in [4.69, 9.17) is 0 Å². The number of carbonyl (C=O) groups is 3. The predicted molar refractivity (Wildman–Crippen MR) is 128 cm³/mol. The third-order valence-corrected chi connectivity index (χ3v) is 6.93. The van der Waals surface area contributed by atoms with Gasteiger partial charge in [-0.1, -0.05) is 23.1 Å². The van der Waals surface area contributed by atoms with Crippen LogP contribution in [0.4, 0.5) is 26.6 Å². The molecule has 1 saturated heterocycles. The van der Waals surface area contributed by atoms with E-state index >= 15 is 0 Å². The number of hydrogen-bond acceptors (Lipinski definition) is 9. The van der Waals surface area contributed by atoms with E-state index in [0.717, 1.165) is 23.1 Å². The van der Waals surface area contributed by atoms with Crippen LogP contribution in [0.3, 0.4) is 0 Å². The lowest BCUT2D eigenvalue weighted by Gasteiger charge is -2.16. The molecule has 4 rings (SSSR count). The van der Waals surface area contributed by atoms with Gasteiger partial charge in [-0.15, -0.1) is 10.2 Å². The van der Waals surface area contributed by atoms with Crippen LogP contribution < -0.4 is 15.5 Å². The molecule has 1 aliphatic rings. The zero-order valence-electron chi connectivity index (χ0n) is 17.8. The molecule has 0 bridgehead atoms. The maximum Gasteiger partial charge on any atom is 0.269 e. The Morgan fingerprint density at radius 2 is 1.86 bits per heavy atom. The summed E-state index contributed by atoms with van der Waals surface area (Å²) in [5, 5.41) is 24.0. The Morgan fingerprint density at radius 3 is 2.54 bits per heavy atom. The zero-order valence-corrected chi connectivity index (χ0v) is 19.5. The summed E-state index contributed by atoms with van der Waals surface area (Å²) in [6.07, 6.45) is 0.0203. The Labute approximate surface area is 205 Å². The van der Waals surface area contributed by atoms with Gasteiger partial charge >= 0.3 is 0 Å². The quantitative estimate of drug-likeness (QED) is 0.201. The number of nitrogens with zero attached hydrogens (tertiary/aromatic N) is 4. The van der Waals surface area contributed by atoms with Crippen LogP contribution in [-0.4, -0.2) is 45.1 Å². The second kappa shape index (κ2) is 10.6. The molecule has 3 amide bonds. The monoisotopic (exact) mass is 516 g/mol. The number of benzene rings is 2. The topological polar surface area (TPSA) is 147 Å². The molecule has 3 aromatic rings. The Kier molecular flexibility index (Phi) is 7.31. The van der Waals surface area contributed by atoms with Crippen LogP contribution >= 0.6 is 23.1 Å². The van der Waals surface area contributed by atoms with Crippen LogP contribution in [-0.2, 0) is 14.4 Å². The first-order valence-electron chi connectivity index (χ1n) is 10.2. The van der Waals surface area contributed by atoms with E-state index in [1.807, 2.05) is 0 Å². The summed E-state index contributed by atoms with van der Waals surface area (Å²) < 4.78 is 13.6. The lowest BCUT2D eigenvalue weighted by atomic mass is 10.1. The van der Waals surface area contributed by atoms with E-state index in [0.29, 0.717) is 15.7 Å². The number of hydrogen-bond donors (Lipinski definition) is 2. The number of rotatable bonds is 8. The van der Waals surface area contributed by atoms with Crippen molar-refractivity contribution in [2.45, 2.75) is 10.8 Å². The fraction of sp³-hybridized carbons (Fsp3) is 0.190. The number of amides is 3. The zero-order chi connectivity index (χ0) is 24.9. The Hall–Kier alpha value is -3.91. The Bertz CT molecular complexity index is 1270. The van der Waals surface area contributed by atoms with Gasteiger partial charge in [0.05, 0.1) is 16.6 Å². The molecule has 1 aliphatic heterocycles. The average molecular weight is 517 g/mol. The van der Waals surface area contributed by atoms with Crippen LogP contribution in [0.1, 0.15) is 6.42 Å². The highest BCUT2D eigenvalue weighted by atomic mass is 32.2. The second-order valence-electron chi connectivity index (χ2n) is 7.39. The molecule has 1 fully saturated rings. The van der Waals surface area contributed by atoms with Crippen LogP contribution in [0, 0.1) is 21.8 Å². The first-order chi connectivity index (χ1) is 16.8. The van der Waals surface area contributed by atoms with Crippen molar-refractivity contribution in [1.82, 2.24) is 10.2 Å². The van der Waals surface area contributed by atoms with Crippen LogP contribution in [0.2, 0.25) is 0 Å². The molecule has 1 atom stereocenters. The number of anilines is 3. The van der Waals surface area contributed by atoms with E-state index in [-0.39, 0.29) is 47.3 Å². The summed E-state index contributed by atoms with van der Waals surface area (Å²) in [4.78, 5) is 48.6. The molecule has 2 heterocycles. The van der Waals surface area contributed by atoms with Gasteiger partial charge in [-0.25, -0.2) is 4.39 Å². The highest BCUT2D eigenvalue weighted by Gasteiger charge is 2.35. The van der Waals surface area contributed by atoms with Crippen molar-refractivity contribution in [3.63, 3.8) is 0 Å². The van der Waals surface area contributed by atoms with E-state index in [1.54, 1.807) is 0 Å². The molecule has 2 N–H and O–H groups in total. The number of carbonyl (C=O) groups excluding carboxylic acids is 3. The van der Waals surface area contributed by atoms with Crippen molar-refractivity contribution in [2.24, 2.45) is 5.92 Å². The fourth-order valence-corrected chi connectivity index (χ4v) is 4.83. The summed E-state index contributed by atoms with van der Waals surface area (Å²) >= 11 is 2.20. The molecule has 11 nitrogen and oxygen atoms in total. The molecule has 1 aromatic heterocycles. The number of thioether (sulfide) groups is 1. The molecule has 0 aliphatic carbocycles. The SMILES string of the molecule is O=C(CSc1nnc(NC(=O)[C@@H]2CC(=O)N(c3ccc(F)cc3)C2)s1)Nc1ccc([N+](=O)[O-])cc1. The van der Waals surface area contributed by atoms with Gasteiger partial charge in [0, 0.05) is 36.5 Å². The molecule has 0 unspecified atom stereocenters. The summed E-state index contributed by atoms with van der Waals surface area (Å²) in [6.45, 7) is 0.166. The largest absolute Gasteiger partial charge is 0.325 e. The van der Waals surface area contributed by atoms with Gasteiger partial charge in [-0.2, -0.15) is 0 Å². The Morgan fingerprint density at radius 1 is 1.14 bits per heavy atom. The summed E-state index contributed by atoms with van der Waals surface area (Å²) in [5.41, 5.74) is 0.867. The normalized spacial score (nSPS) is 15.2. The third kappa shape index (κ3) is 6.16. The minimum Gasteiger partial charge on any atom is -0.325 e. The maximum atomic E-state index is 13.1. The Balaban J connectivity index is 1.26. The van der Waals surface area contributed by atoms with Crippen molar-refractivity contribution in [2.75, 3.05) is 27.8 Å². The van der Waals surface area contributed by atoms with Crippen LogP contribution in [0.5, 0.6) is 0 Å². The number of non-ortho nitro benzene ring substituents is 1. The maximum absolute atomic E-state index is 13.1. The molecule has 0 saturated carbocycles. The molecule has 35 heavy (non-hydrogen) atoms. The number of halogens is 1. The summed E-state index contributed by atoms with van der Waals surface area (Å²) in [6, 6.07) is 10.9. The minimum absolute atomic E-state index is 0.0172. The standard InChI is InChI=1S/C21H17FN6O5S2/c22-13-1-5-15(6-2-13)27-10-12(9-18(27)30)19(31)24-20-25-26-21(35-20)34-11-17(29)23-14-3-7-16(8-4-14)28(32)33/h1-8,12H,9-11H2,(H,23,29)(H,24,25,31)/t12-/m1/s1. The average Bonchev–Trinajstić information content (AvgIpc) is 3.45. The molecule has 2 aromatic carbocycles. The second-order valence-corrected chi connectivity index (χ2v) is 9.59. The van der Waals surface area contributed by atoms with Crippen molar-refractivity contribution < 1.29 is 23.7 Å². The third-order valence-electron chi connectivity index (χ3n) is 4.96. The van der Waals surface area contributed by atoms with E-state index in [1.165, 1.54) is 53.4 Å². The number of aromatic nitrogens is 2. The van der Waals surface area contributed by atoms with Crippen LogP contribution in [0.25, 0.3) is 0 Å². The van der Waals surface area contributed by atoms with Crippen molar-refractivity contribution in [3.05, 3.63) is 64.5 Å². The summed E-state index contributed by atoms with van der Waals surface area (Å²) in [5.74, 6) is -1.95. The number of nitro groups is 1. The van der Waals surface area contributed by atoms with E-state index in [2.05, 4.69) is 20.8 Å². The lowest BCUT2D eigenvalue weighted by Crippen LogP contribution is -2.28. The van der Waals surface area contributed by atoms with Crippen molar-refractivity contribution in [1.29, 1.82) is 0 Å². The van der Waals surface area contributed by atoms with E-state index < -0.39 is 16.7 Å². The van der Waals surface area contributed by atoms with Gasteiger partial charge in [0.15, 0.2) is 4.34 Å². The molecule has 14 heteroatoms. The fourth-order valence-electron chi connectivity index (χ4n) is 3.27. The van der Waals surface area contributed by atoms with Gasteiger partial charge in [0.1, 0.15) is 5.82 Å². The predicted octanol–water partition coefficient (Wildman–Crippen LogP) is 3.31. The van der Waals surface area contributed by atoms with Crippen LogP contribution in [0.15, 0.2) is 52.9 Å². The van der Waals surface area contributed by atoms with E-state index in [9.17, 15) is 28.9 Å². The highest BCUT2D eigenvalue weighted by molar-refractivity contribution is 8.01.